The van der Waals surface area contributed by atoms with Gasteiger partial charge in [-0.05, 0) is 74.7 Å². The molecule has 6 bridgehead atoms. The third-order valence-corrected chi connectivity index (χ3v) is 7.83. The Balaban J connectivity index is 1.38. The van der Waals surface area contributed by atoms with Gasteiger partial charge < -0.3 is 14.8 Å². The minimum Gasteiger partial charge on any atom is -0.358 e. The first-order valence-corrected chi connectivity index (χ1v) is 12.3. The number of anilines is 1. The van der Waals surface area contributed by atoms with E-state index < -0.39 is 0 Å². The lowest BCUT2D eigenvalue weighted by atomic mass is 9.73. The van der Waals surface area contributed by atoms with Crippen LogP contribution in [0, 0.1) is 5.92 Å². The van der Waals surface area contributed by atoms with Crippen LogP contribution in [0.4, 0.5) is 5.82 Å². The summed E-state index contributed by atoms with van der Waals surface area (Å²) in [5.74, 6) is 3.01. The third-order valence-electron chi connectivity index (χ3n) is 7.83. The SMILES string of the molecule is CN1CCCCN(C)c2nccc3[nH]c(nc23)C2NNC3CCC(CC32)c2cncc(c2)C1. The zero-order valence-corrected chi connectivity index (χ0v) is 19.6. The van der Waals surface area contributed by atoms with Crippen LogP contribution in [0.2, 0.25) is 0 Å². The first-order chi connectivity index (χ1) is 16.2. The first kappa shape index (κ1) is 21.0. The first-order valence-electron chi connectivity index (χ1n) is 12.3. The smallest absolute Gasteiger partial charge is 0.156 e. The standard InChI is InChI=1S/C25H34N8/c1-32-9-3-4-10-33(2)25-23-21(7-8-27-25)28-24(29-23)22-19-12-17(5-6-20(19)30-31-22)18-11-16(15-32)13-26-14-18/h7-8,11,13-14,17,19-20,22,30-31H,3-6,9-10,12,15H2,1-2H3,(H,28,29). The molecule has 33 heavy (non-hydrogen) atoms. The van der Waals surface area contributed by atoms with Gasteiger partial charge in [0.15, 0.2) is 5.82 Å². The van der Waals surface area contributed by atoms with Crippen molar-refractivity contribution in [1.82, 2.24) is 35.7 Å². The van der Waals surface area contributed by atoms with Crippen molar-refractivity contribution in [1.29, 1.82) is 0 Å². The van der Waals surface area contributed by atoms with Gasteiger partial charge in [0.2, 0.25) is 0 Å². The molecule has 3 aromatic rings. The number of hydrazine groups is 1. The van der Waals surface area contributed by atoms with Crippen molar-refractivity contribution in [3.63, 3.8) is 0 Å². The van der Waals surface area contributed by atoms with Crippen molar-refractivity contribution >= 4 is 16.9 Å². The number of nitrogens with one attached hydrogen (secondary N) is 3. The normalized spacial score (nSPS) is 28.7. The van der Waals surface area contributed by atoms with Crippen molar-refractivity contribution in [2.45, 2.75) is 56.7 Å². The second-order valence-corrected chi connectivity index (χ2v) is 10.2. The molecule has 2 aliphatic heterocycles. The second-order valence-electron chi connectivity index (χ2n) is 10.2. The van der Waals surface area contributed by atoms with Crippen LogP contribution in [0.3, 0.4) is 0 Å². The molecule has 3 aromatic heterocycles. The summed E-state index contributed by atoms with van der Waals surface area (Å²) < 4.78 is 0. The van der Waals surface area contributed by atoms with E-state index in [0.717, 1.165) is 61.6 Å². The number of nitrogens with zero attached hydrogens (tertiary/aromatic N) is 5. The molecule has 4 atom stereocenters. The summed E-state index contributed by atoms with van der Waals surface area (Å²) in [4.78, 5) is 22.7. The minimum absolute atomic E-state index is 0.171. The highest BCUT2D eigenvalue weighted by atomic mass is 15.4. The topological polar surface area (TPSA) is 85.0 Å². The van der Waals surface area contributed by atoms with Crippen LogP contribution in [0.5, 0.6) is 0 Å². The van der Waals surface area contributed by atoms with Crippen molar-refractivity contribution in [2.75, 3.05) is 32.1 Å². The van der Waals surface area contributed by atoms with E-state index in [9.17, 15) is 0 Å². The molecular formula is C25H34N8. The van der Waals surface area contributed by atoms with Crippen LogP contribution >= 0.6 is 0 Å². The third kappa shape index (κ3) is 4.00. The summed E-state index contributed by atoms with van der Waals surface area (Å²) in [5.41, 5.74) is 11.9. The molecule has 6 rings (SSSR count). The number of pyridine rings is 2. The summed E-state index contributed by atoms with van der Waals surface area (Å²) >= 11 is 0. The summed E-state index contributed by atoms with van der Waals surface area (Å²) in [5, 5.41) is 0. The molecule has 8 heteroatoms. The Bertz CT molecular complexity index is 1130. The Labute approximate surface area is 195 Å². The van der Waals surface area contributed by atoms with Crippen molar-refractivity contribution in [2.24, 2.45) is 5.92 Å². The fourth-order valence-corrected chi connectivity index (χ4v) is 6.04. The van der Waals surface area contributed by atoms with Gasteiger partial charge in [0.1, 0.15) is 11.3 Å². The Morgan fingerprint density at radius 3 is 2.91 bits per heavy atom. The largest absolute Gasteiger partial charge is 0.358 e. The Hall–Kier alpha value is -2.55. The summed E-state index contributed by atoms with van der Waals surface area (Å²) in [6, 6.07) is 5.09. The van der Waals surface area contributed by atoms with Gasteiger partial charge in [0.25, 0.3) is 0 Å². The van der Waals surface area contributed by atoms with E-state index in [1.807, 2.05) is 18.5 Å². The Kier molecular flexibility index (Phi) is 5.52. The van der Waals surface area contributed by atoms with E-state index in [4.69, 9.17) is 9.97 Å². The van der Waals surface area contributed by atoms with E-state index in [1.165, 1.54) is 24.0 Å². The van der Waals surface area contributed by atoms with Gasteiger partial charge in [-0.15, -0.1) is 0 Å². The number of rotatable bonds is 0. The van der Waals surface area contributed by atoms with E-state index in [0.29, 0.717) is 17.9 Å². The average Bonchev–Trinajstić information content (AvgIpc) is 3.44. The maximum absolute atomic E-state index is 5.09. The predicted octanol–water partition coefficient (Wildman–Crippen LogP) is 3.12. The summed E-state index contributed by atoms with van der Waals surface area (Å²) in [6.07, 6.45) is 11.8. The molecule has 3 aliphatic rings. The quantitative estimate of drug-likeness (QED) is 0.489. The lowest BCUT2D eigenvalue weighted by Crippen LogP contribution is -2.34. The van der Waals surface area contributed by atoms with Gasteiger partial charge in [0.05, 0.1) is 11.6 Å². The molecule has 5 heterocycles. The van der Waals surface area contributed by atoms with Crippen LogP contribution in [0.15, 0.2) is 30.7 Å². The van der Waals surface area contributed by atoms with Crippen molar-refractivity contribution in [3.05, 3.63) is 47.7 Å². The molecule has 8 nitrogen and oxygen atoms in total. The number of hydrogen-bond acceptors (Lipinski definition) is 7. The molecule has 174 valence electrons. The molecule has 3 N–H and O–H groups in total. The number of aromatic amines is 1. The van der Waals surface area contributed by atoms with E-state index in [-0.39, 0.29) is 6.04 Å². The van der Waals surface area contributed by atoms with E-state index in [1.54, 1.807) is 0 Å². The number of aromatic nitrogens is 4. The van der Waals surface area contributed by atoms with Crippen LogP contribution < -0.4 is 15.8 Å². The molecule has 1 saturated heterocycles. The average molecular weight is 447 g/mol. The highest BCUT2D eigenvalue weighted by Gasteiger charge is 2.42. The fourth-order valence-electron chi connectivity index (χ4n) is 6.04. The van der Waals surface area contributed by atoms with Crippen LogP contribution in [0.1, 0.15) is 61.0 Å². The fraction of sp³-hybridized carbons (Fsp3) is 0.560. The van der Waals surface area contributed by atoms with Gasteiger partial charge in [-0.3, -0.25) is 10.4 Å². The van der Waals surface area contributed by atoms with Gasteiger partial charge >= 0.3 is 0 Å². The minimum atomic E-state index is 0.171. The number of H-pyrrole nitrogens is 1. The second kappa shape index (κ2) is 8.66. The van der Waals surface area contributed by atoms with Crippen LogP contribution in [0.25, 0.3) is 11.0 Å². The van der Waals surface area contributed by atoms with Gasteiger partial charge in [-0.1, -0.05) is 6.07 Å². The molecular weight excluding hydrogens is 412 g/mol. The molecule has 4 unspecified atom stereocenters. The summed E-state index contributed by atoms with van der Waals surface area (Å²) in [7, 11) is 4.35. The number of imidazole rings is 1. The monoisotopic (exact) mass is 446 g/mol. The Morgan fingerprint density at radius 1 is 1.06 bits per heavy atom. The zero-order chi connectivity index (χ0) is 22.4. The van der Waals surface area contributed by atoms with E-state index in [2.05, 4.69) is 57.0 Å². The van der Waals surface area contributed by atoms with E-state index >= 15 is 0 Å². The highest BCUT2D eigenvalue weighted by molar-refractivity contribution is 5.86. The molecule has 0 aromatic carbocycles. The van der Waals surface area contributed by atoms with Crippen molar-refractivity contribution < 1.29 is 0 Å². The van der Waals surface area contributed by atoms with Crippen molar-refractivity contribution in [3.8, 4) is 0 Å². The van der Waals surface area contributed by atoms with Crippen LogP contribution in [-0.4, -0.2) is 58.1 Å². The predicted molar refractivity (Wildman–Crippen MR) is 130 cm³/mol. The molecule has 0 radical (unpaired) electrons. The summed E-state index contributed by atoms with van der Waals surface area (Å²) in [6.45, 7) is 3.00. The maximum atomic E-state index is 5.09. The molecule has 2 fully saturated rings. The van der Waals surface area contributed by atoms with Gasteiger partial charge in [-0.2, -0.15) is 0 Å². The zero-order valence-electron chi connectivity index (χ0n) is 19.6. The maximum Gasteiger partial charge on any atom is 0.156 e. The van der Waals surface area contributed by atoms with Crippen LogP contribution in [-0.2, 0) is 6.54 Å². The lowest BCUT2D eigenvalue weighted by Gasteiger charge is -2.33. The highest BCUT2D eigenvalue weighted by Crippen LogP contribution is 2.44. The Morgan fingerprint density at radius 2 is 1.97 bits per heavy atom. The number of fused-ring (bicyclic) bond motifs is 6. The molecule has 1 aliphatic carbocycles. The molecule has 1 saturated carbocycles. The van der Waals surface area contributed by atoms with Gasteiger partial charge in [0, 0.05) is 44.8 Å². The number of hydrogen-bond donors (Lipinski definition) is 3. The lowest BCUT2D eigenvalue weighted by molar-refractivity contribution is 0.274. The van der Waals surface area contributed by atoms with Gasteiger partial charge in [-0.25, -0.2) is 15.4 Å². The molecule has 0 spiro atoms. The molecule has 0 amide bonds.